The molecule has 0 aliphatic carbocycles. The van der Waals surface area contributed by atoms with Gasteiger partial charge in [-0.2, -0.15) is 0 Å². The quantitative estimate of drug-likeness (QED) is 0.415. The summed E-state index contributed by atoms with van der Waals surface area (Å²) in [5.74, 6) is -0.496. The van der Waals surface area contributed by atoms with Crippen LogP contribution in [0.15, 0.2) is 48.0 Å². The number of nitrogens with one attached hydrogen (secondary N) is 1. The Labute approximate surface area is 186 Å². The lowest BCUT2D eigenvalue weighted by molar-refractivity contribution is -0.122. The lowest BCUT2D eigenvalue weighted by Crippen LogP contribution is -2.54. The molecule has 0 aromatic heterocycles. The summed E-state index contributed by atoms with van der Waals surface area (Å²) < 4.78 is 5.51. The van der Waals surface area contributed by atoms with Gasteiger partial charge in [0.2, 0.25) is 0 Å². The van der Waals surface area contributed by atoms with Gasteiger partial charge in [0.1, 0.15) is 11.3 Å². The molecule has 1 saturated heterocycles. The van der Waals surface area contributed by atoms with Gasteiger partial charge in [0.05, 0.1) is 12.8 Å². The number of hydrogen-bond donors (Lipinski definition) is 1. The van der Waals surface area contributed by atoms with Crippen molar-refractivity contribution in [1.82, 2.24) is 5.32 Å². The summed E-state index contributed by atoms with van der Waals surface area (Å²) in [7, 11) is 1.56. The van der Waals surface area contributed by atoms with Crippen molar-refractivity contribution in [2.24, 2.45) is 0 Å². The fourth-order valence-electron chi connectivity index (χ4n) is 3.24. The molecule has 0 spiro atoms. The first kappa shape index (κ1) is 21.8. The predicted molar refractivity (Wildman–Crippen MR) is 124 cm³/mol. The van der Waals surface area contributed by atoms with E-state index in [-0.39, 0.29) is 10.7 Å². The van der Waals surface area contributed by atoms with Crippen molar-refractivity contribution in [3.63, 3.8) is 0 Å². The number of ether oxygens (including phenoxy) is 1. The highest BCUT2D eigenvalue weighted by Crippen LogP contribution is 2.29. The van der Waals surface area contributed by atoms with Gasteiger partial charge in [-0.15, -0.1) is 0 Å². The lowest BCUT2D eigenvalue weighted by Gasteiger charge is -2.29. The van der Waals surface area contributed by atoms with Gasteiger partial charge >= 0.3 is 0 Å². The molecule has 0 bridgehead atoms. The maximum atomic E-state index is 13.1. The van der Waals surface area contributed by atoms with Crippen LogP contribution in [0.4, 0.5) is 11.4 Å². The Morgan fingerprint density at radius 2 is 1.80 bits per heavy atom. The van der Waals surface area contributed by atoms with Gasteiger partial charge in [0, 0.05) is 35.4 Å². The van der Waals surface area contributed by atoms with Crippen LogP contribution in [0.25, 0.3) is 6.08 Å². The zero-order valence-corrected chi connectivity index (χ0v) is 18.5. The van der Waals surface area contributed by atoms with Crippen LogP contribution in [0, 0.1) is 0 Å². The van der Waals surface area contributed by atoms with Gasteiger partial charge in [0.25, 0.3) is 11.8 Å². The molecule has 156 valence electrons. The van der Waals surface area contributed by atoms with Crippen molar-refractivity contribution in [3.8, 4) is 5.75 Å². The average molecular weight is 444 g/mol. The molecule has 3 rings (SSSR count). The fourth-order valence-corrected chi connectivity index (χ4v) is 3.65. The van der Waals surface area contributed by atoms with Crippen molar-refractivity contribution in [2.45, 2.75) is 13.8 Å². The SMILES string of the molecule is CCN(CC)c1ccc(C=C2C(=O)NC(=S)N(c3ccc(Cl)cc3)C2=O)c(OC)c1. The van der Waals surface area contributed by atoms with Crippen molar-refractivity contribution in [1.29, 1.82) is 0 Å². The van der Waals surface area contributed by atoms with Gasteiger partial charge in [-0.1, -0.05) is 11.6 Å². The Bertz CT molecular complexity index is 1020. The van der Waals surface area contributed by atoms with E-state index in [4.69, 9.17) is 28.6 Å². The van der Waals surface area contributed by atoms with E-state index < -0.39 is 11.8 Å². The van der Waals surface area contributed by atoms with Crippen LogP contribution in [0.1, 0.15) is 19.4 Å². The van der Waals surface area contributed by atoms with E-state index in [9.17, 15) is 9.59 Å². The van der Waals surface area contributed by atoms with Crippen LogP contribution in [0.3, 0.4) is 0 Å². The molecular weight excluding hydrogens is 422 g/mol. The molecule has 1 fully saturated rings. The third-order valence-electron chi connectivity index (χ3n) is 4.83. The van der Waals surface area contributed by atoms with E-state index in [0.29, 0.717) is 22.0 Å². The summed E-state index contributed by atoms with van der Waals surface area (Å²) in [4.78, 5) is 29.1. The summed E-state index contributed by atoms with van der Waals surface area (Å²) in [5.41, 5.74) is 2.11. The number of thiocarbonyl (C=S) groups is 1. The Kier molecular flexibility index (Phi) is 6.74. The largest absolute Gasteiger partial charge is 0.496 e. The summed E-state index contributed by atoms with van der Waals surface area (Å²) in [6.45, 7) is 5.86. The Morgan fingerprint density at radius 3 is 2.40 bits per heavy atom. The first-order valence-corrected chi connectivity index (χ1v) is 10.3. The lowest BCUT2D eigenvalue weighted by atomic mass is 10.1. The molecular formula is C22H22ClN3O3S. The number of rotatable bonds is 6. The highest BCUT2D eigenvalue weighted by atomic mass is 35.5. The summed E-state index contributed by atoms with van der Waals surface area (Å²) in [6.07, 6.45) is 1.52. The number of nitrogens with zero attached hydrogens (tertiary/aromatic N) is 2. The molecule has 0 unspecified atom stereocenters. The standard InChI is InChI=1S/C22H22ClN3O3S/c1-4-25(5-2)17-9-6-14(19(13-17)29-3)12-18-20(27)24-22(30)26(21(18)28)16-10-7-15(23)8-11-16/h6-13H,4-5H2,1-3H3,(H,24,27,30). The monoisotopic (exact) mass is 443 g/mol. The van der Waals surface area contributed by atoms with E-state index in [0.717, 1.165) is 18.8 Å². The molecule has 2 aromatic carbocycles. The third kappa shape index (κ3) is 4.32. The number of amides is 2. The van der Waals surface area contributed by atoms with Crippen LogP contribution in [0.2, 0.25) is 5.02 Å². The maximum Gasteiger partial charge on any atom is 0.270 e. The molecule has 8 heteroatoms. The van der Waals surface area contributed by atoms with Crippen LogP contribution in [-0.4, -0.2) is 37.1 Å². The minimum absolute atomic E-state index is 0.0216. The van der Waals surface area contributed by atoms with Crippen molar-refractivity contribution in [3.05, 3.63) is 58.6 Å². The smallest absolute Gasteiger partial charge is 0.270 e. The molecule has 1 aliphatic rings. The average Bonchev–Trinajstić information content (AvgIpc) is 2.73. The predicted octanol–water partition coefficient (Wildman–Crippen LogP) is 4.03. The second kappa shape index (κ2) is 9.28. The highest BCUT2D eigenvalue weighted by molar-refractivity contribution is 7.80. The third-order valence-corrected chi connectivity index (χ3v) is 5.37. The molecule has 1 N–H and O–H groups in total. The van der Waals surface area contributed by atoms with Crippen molar-refractivity contribution >= 4 is 58.2 Å². The Balaban J connectivity index is 2.01. The Morgan fingerprint density at radius 1 is 1.13 bits per heavy atom. The number of carbonyl (C=O) groups excluding carboxylic acids is 2. The van der Waals surface area contributed by atoms with Gasteiger partial charge < -0.3 is 9.64 Å². The van der Waals surface area contributed by atoms with Crippen molar-refractivity contribution in [2.75, 3.05) is 30.0 Å². The van der Waals surface area contributed by atoms with Gasteiger partial charge in [-0.05, 0) is 68.5 Å². The van der Waals surface area contributed by atoms with E-state index in [2.05, 4.69) is 24.1 Å². The van der Waals surface area contributed by atoms with E-state index in [1.54, 1.807) is 31.4 Å². The van der Waals surface area contributed by atoms with Crippen LogP contribution in [0.5, 0.6) is 5.75 Å². The maximum absolute atomic E-state index is 13.1. The molecule has 0 atom stereocenters. The zero-order valence-electron chi connectivity index (χ0n) is 16.9. The van der Waals surface area contributed by atoms with E-state index >= 15 is 0 Å². The molecule has 0 radical (unpaired) electrons. The number of methoxy groups -OCH3 is 1. The summed E-state index contributed by atoms with van der Waals surface area (Å²) >= 11 is 11.2. The van der Waals surface area contributed by atoms with E-state index in [1.165, 1.54) is 11.0 Å². The fraction of sp³-hybridized carbons (Fsp3) is 0.227. The molecule has 2 aromatic rings. The summed E-state index contributed by atoms with van der Waals surface area (Å²) in [5, 5.41) is 3.13. The van der Waals surface area contributed by atoms with Gasteiger partial charge in [-0.3, -0.25) is 19.8 Å². The molecule has 1 heterocycles. The summed E-state index contributed by atoms with van der Waals surface area (Å²) in [6, 6.07) is 12.3. The second-order valence-corrected chi connectivity index (χ2v) is 7.36. The Hall–Kier alpha value is -2.90. The number of hydrogen-bond acceptors (Lipinski definition) is 5. The number of halogens is 1. The molecule has 6 nitrogen and oxygen atoms in total. The van der Waals surface area contributed by atoms with E-state index in [1.807, 2.05) is 18.2 Å². The first-order valence-electron chi connectivity index (χ1n) is 9.49. The first-order chi connectivity index (χ1) is 14.4. The number of benzene rings is 2. The molecule has 0 saturated carbocycles. The second-order valence-electron chi connectivity index (χ2n) is 6.53. The molecule has 1 aliphatic heterocycles. The van der Waals surface area contributed by atoms with Crippen LogP contribution < -0.4 is 19.9 Å². The zero-order chi connectivity index (χ0) is 21.8. The van der Waals surface area contributed by atoms with Crippen molar-refractivity contribution < 1.29 is 14.3 Å². The highest BCUT2D eigenvalue weighted by Gasteiger charge is 2.34. The van der Waals surface area contributed by atoms with Gasteiger partial charge in [0.15, 0.2) is 5.11 Å². The topological polar surface area (TPSA) is 61.9 Å². The normalized spacial score (nSPS) is 15.4. The van der Waals surface area contributed by atoms with Crippen LogP contribution in [-0.2, 0) is 9.59 Å². The van der Waals surface area contributed by atoms with Gasteiger partial charge in [-0.25, -0.2) is 0 Å². The minimum atomic E-state index is -0.551. The van der Waals surface area contributed by atoms with Crippen LogP contribution >= 0.6 is 23.8 Å². The number of carbonyl (C=O) groups is 2. The molecule has 30 heavy (non-hydrogen) atoms. The molecule has 2 amide bonds. The number of anilines is 2. The minimum Gasteiger partial charge on any atom is -0.496 e.